The Bertz CT molecular complexity index is 544. The molecule has 0 fully saturated rings. The van der Waals surface area contributed by atoms with Gasteiger partial charge in [0.05, 0.1) is 5.33 Å². The number of aliphatic carboxylic acids is 1. The van der Waals surface area contributed by atoms with E-state index < -0.39 is 36.4 Å². The van der Waals surface area contributed by atoms with E-state index in [1.165, 1.54) is 0 Å². The first-order valence-corrected chi connectivity index (χ1v) is 6.63. The number of hydrogen-bond acceptors (Lipinski definition) is 4. The molecule has 0 aromatic heterocycles. The molecule has 0 heterocycles. The summed E-state index contributed by atoms with van der Waals surface area (Å²) in [6.45, 7) is 0. The first kappa shape index (κ1) is 17.4. The summed E-state index contributed by atoms with van der Waals surface area (Å²) in [5.41, 5.74) is -0.302. The van der Waals surface area contributed by atoms with E-state index in [2.05, 4.69) is 20.7 Å². The summed E-state index contributed by atoms with van der Waals surface area (Å²) in [5, 5.41) is 18.0. The van der Waals surface area contributed by atoms with Gasteiger partial charge in [0, 0.05) is 12.0 Å². The molecule has 0 amide bonds. The number of carboxylic acid groups (broad SMARTS) is 1. The number of benzene rings is 1. The topological polar surface area (TPSA) is 83.8 Å². The van der Waals surface area contributed by atoms with Gasteiger partial charge in [-0.1, -0.05) is 22.0 Å². The van der Waals surface area contributed by atoms with E-state index in [1.54, 1.807) is 0 Å². The zero-order chi connectivity index (χ0) is 16.2. The van der Waals surface area contributed by atoms with E-state index >= 15 is 0 Å². The number of carbonyl (C=O) groups excluding carboxylic acids is 1. The molecule has 0 saturated carbocycles. The number of aliphatic hydroxyl groups is 1. The summed E-state index contributed by atoms with van der Waals surface area (Å²) in [6.07, 6.45) is -7.24. The van der Waals surface area contributed by atoms with Crippen molar-refractivity contribution in [1.29, 1.82) is 0 Å². The zero-order valence-corrected chi connectivity index (χ0v) is 11.9. The molecular formula is C12H10BrF3O5. The Hall–Kier alpha value is -1.61. The van der Waals surface area contributed by atoms with Crippen LogP contribution in [0.1, 0.15) is 17.2 Å². The predicted molar refractivity (Wildman–Crippen MR) is 68.2 cm³/mol. The maximum Gasteiger partial charge on any atom is 0.573 e. The number of alkyl halides is 4. The van der Waals surface area contributed by atoms with Gasteiger partial charge in [0.2, 0.25) is 0 Å². The van der Waals surface area contributed by atoms with Crippen LogP contribution >= 0.6 is 15.9 Å². The molecule has 0 aliphatic heterocycles. The first-order chi connectivity index (χ1) is 9.64. The van der Waals surface area contributed by atoms with Crippen LogP contribution < -0.4 is 4.74 Å². The Morgan fingerprint density at radius 3 is 2.43 bits per heavy atom. The van der Waals surface area contributed by atoms with Crippen LogP contribution in [0, 0.1) is 0 Å². The van der Waals surface area contributed by atoms with Gasteiger partial charge in [-0.15, -0.1) is 13.2 Å². The van der Waals surface area contributed by atoms with Crippen molar-refractivity contribution >= 4 is 27.7 Å². The highest BCUT2D eigenvalue weighted by atomic mass is 79.9. The van der Waals surface area contributed by atoms with Gasteiger partial charge in [0.15, 0.2) is 6.10 Å². The lowest BCUT2D eigenvalue weighted by Gasteiger charge is -2.15. The smallest absolute Gasteiger partial charge is 0.479 e. The molecule has 0 aliphatic rings. The van der Waals surface area contributed by atoms with E-state index in [0.29, 0.717) is 0 Å². The van der Waals surface area contributed by atoms with E-state index in [4.69, 9.17) is 5.11 Å². The van der Waals surface area contributed by atoms with Gasteiger partial charge in [-0.3, -0.25) is 4.79 Å². The fourth-order valence-electron chi connectivity index (χ4n) is 1.53. The van der Waals surface area contributed by atoms with Crippen LogP contribution in [0.3, 0.4) is 0 Å². The van der Waals surface area contributed by atoms with Crippen molar-refractivity contribution in [2.24, 2.45) is 0 Å². The van der Waals surface area contributed by atoms with E-state index in [0.717, 1.165) is 18.2 Å². The Balaban J connectivity index is 3.19. The molecular weight excluding hydrogens is 361 g/mol. The summed E-state index contributed by atoms with van der Waals surface area (Å²) < 4.78 is 40.6. The lowest BCUT2D eigenvalue weighted by molar-refractivity contribution is -0.274. The molecule has 9 heteroatoms. The minimum atomic E-state index is -4.95. The largest absolute Gasteiger partial charge is 0.573 e. The summed E-state index contributed by atoms with van der Waals surface area (Å²) in [7, 11) is 0. The van der Waals surface area contributed by atoms with Crippen molar-refractivity contribution in [3.05, 3.63) is 29.3 Å². The maximum absolute atomic E-state index is 12.3. The lowest BCUT2D eigenvalue weighted by atomic mass is 10.0. The third-order valence-electron chi connectivity index (χ3n) is 2.40. The van der Waals surface area contributed by atoms with E-state index in [1.807, 2.05) is 0 Å². The second-order valence-electron chi connectivity index (χ2n) is 4.00. The van der Waals surface area contributed by atoms with Crippen LogP contribution in [0.2, 0.25) is 0 Å². The fraction of sp³-hybridized carbons (Fsp3) is 0.333. The molecule has 1 aromatic rings. The Kier molecular flexibility index (Phi) is 5.73. The lowest BCUT2D eigenvalue weighted by Crippen LogP contribution is -2.19. The van der Waals surface area contributed by atoms with Gasteiger partial charge in [0.1, 0.15) is 11.5 Å². The molecule has 0 spiro atoms. The fourth-order valence-corrected chi connectivity index (χ4v) is 1.73. The number of carbonyl (C=O) groups is 2. The van der Waals surface area contributed by atoms with Crippen molar-refractivity contribution in [3.63, 3.8) is 0 Å². The SMILES string of the molecule is O=C(CBr)Cc1cc(C(O)C(=O)O)ccc1OC(F)(F)F. The molecule has 0 aliphatic carbocycles. The van der Waals surface area contributed by atoms with Gasteiger partial charge < -0.3 is 14.9 Å². The molecule has 5 nitrogen and oxygen atoms in total. The van der Waals surface area contributed by atoms with Gasteiger partial charge in [-0.05, 0) is 17.7 Å². The Morgan fingerprint density at radius 2 is 1.95 bits per heavy atom. The molecule has 1 rings (SSSR count). The average molecular weight is 371 g/mol. The second kappa shape index (κ2) is 6.90. The van der Waals surface area contributed by atoms with Gasteiger partial charge in [-0.25, -0.2) is 4.79 Å². The standard InChI is InChI=1S/C12H10BrF3O5/c13-5-8(17)4-7-3-6(10(18)11(19)20)1-2-9(7)21-12(14,15)16/h1-3,10,18H,4-5H2,(H,19,20). The quantitative estimate of drug-likeness (QED) is 0.750. The number of halogens is 4. The zero-order valence-electron chi connectivity index (χ0n) is 10.4. The van der Waals surface area contributed by atoms with Crippen molar-refractivity contribution in [3.8, 4) is 5.75 Å². The van der Waals surface area contributed by atoms with Gasteiger partial charge >= 0.3 is 12.3 Å². The minimum absolute atomic E-state index is 0.0792. The van der Waals surface area contributed by atoms with Crippen LogP contribution in [-0.2, 0) is 16.0 Å². The number of rotatable bonds is 6. The summed E-state index contributed by atoms with van der Waals surface area (Å²) >= 11 is 2.87. The second-order valence-corrected chi connectivity index (χ2v) is 4.57. The number of ketones is 1. The molecule has 1 aromatic carbocycles. The third-order valence-corrected chi connectivity index (χ3v) is 3.02. The predicted octanol–water partition coefficient (Wildman–Crippen LogP) is 2.21. The van der Waals surface area contributed by atoms with Crippen molar-refractivity contribution < 1.29 is 37.7 Å². The minimum Gasteiger partial charge on any atom is -0.479 e. The van der Waals surface area contributed by atoms with Crippen molar-refractivity contribution in [2.45, 2.75) is 18.9 Å². The Morgan fingerprint density at radius 1 is 1.33 bits per heavy atom. The highest BCUT2D eigenvalue weighted by Gasteiger charge is 2.32. The number of carboxylic acids is 1. The molecule has 2 N–H and O–H groups in total. The van der Waals surface area contributed by atoms with Crippen LogP contribution in [0.15, 0.2) is 18.2 Å². The van der Waals surface area contributed by atoms with E-state index in [9.17, 15) is 27.9 Å². The molecule has 0 radical (unpaired) electrons. The van der Waals surface area contributed by atoms with Crippen molar-refractivity contribution in [1.82, 2.24) is 0 Å². The van der Waals surface area contributed by atoms with Crippen LogP contribution in [0.5, 0.6) is 5.75 Å². The monoisotopic (exact) mass is 370 g/mol. The molecule has 1 atom stereocenters. The highest BCUT2D eigenvalue weighted by molar-refractivity contribution is 9.09. The number of ether oxygens (including phenoxy) is 1. The average Bonchev–Trinajstić information content (AvgIpc) is 2.38. The van der Waals surface area contributed by atoms with Crippen molar-refractivity contribution in [2.75, 3.05) is 5.33 Å². The summed E-state index contributed by atoms with van der Waals surface area (Å²) in [4.78, 5) is 22.0. The normalized spacial score (nSPS) is 12.8. The van der Waals surface area contributed by atoms with Crippen LogP contribution in [0.25, 0.3) is 0 Å². The van der Waals surface area contributed by atoms with Crippen LogP contribution in [-0.4, -0.2) is 33.7 Å². The summed E-state index contributed by atoms with van der Waals surface area (Å²) in [6, 6.07) is 2.86. The first-order valence-electron chi connectivity index (χ1n) is 5.51. The molecule has 0 saturated heterocycles. The molecule has 0 bridgehead atoms. The molecule has 21 heavy (non-hydrogen) atoms. The number of aliphatic hydroxyl groups excluding tert-OH is 1. The summed E-state index contributed by atoms with van der Waals surface area (Å²) in [5.74, 6) is -2.60. The van der Waals surface area contributed by atoms with Gasteiger partial charge in [-0.2, -0.15) is 0 Å². The van der Waals surface area contributed by atoms with Crippen LogP contribution in [0.4, 0.5) is 13.2 Å². The van der Waals surface area contributed by atoms with Gasteiger partial charge in [0.25, 0.3) is 0 Å². The highest BCUT2D eigenvalue weighted by Crippen LogP contribution is 2.29. The van der Waals surface area contributed by atoms with E-state index in [-0.39, 0.29) is 16.5 Å². The molecule has 1 unspecified atom stereocenters. The molecule has 116 valence electrons. The Labute approximate surface area is 125 Å². The third kappa shape index (κ3) is 5.35. The number of hydrogen-bond donors (Lipinski definition) is 2. The number of Topliss-reactive ketones (excluding diaryl/α,β-unsaturated/α-hetero) is 1. The maximum atomic E-state index is 12.3.